The first-order valence-corrected chi connectivity index (χ1v) is 6.68. The second-order valence-corrected chi connectivity index (χ2v) is 6.44. The molecule has 0 heterocycles. The molecule has 1 unspecified atom stereocenters. The summed E-state index contributed by atoms with van der Waals surface area (Å²) in [6.07, 6.45) is 7.99. The standard InChI is InChI=1S/C14H23N3O/c1-13(2)6-4-7-14(3)8-5-10(9-11(13)14)16-17-12(15)18/h9H,4-8H2,1-3H3,(H3,15,17,18)/b16-10+. The number of nitrogens with zero attached hydrogens (tertiary/aromatic N) is 1. The van der Waals surface area contributed by atoms with Crippen molar-refractivity contribution in [3.63, 3.8) is 0 Å². The van der Waals surface area contributed by atoms with E-state index in [0.29, 0.717) is 5.41 Å². The summed E-state index contributed by atoms with van der Waals surface area (Å²) in [5.41, 5.74) is 10.4. The Kier molecular flexibility index (Phi) is 3.21. The zero-order valence-electron chi connectivity index (χ0n) is 11.5. The molecule has 0 aliphatic heterocycles. The van der Waals surface area contributed by atoms with Crippen molar-refractivity contribution in [2.24, 2.45) is 21.7 Å². The zero-order valence-corrected chi connectivity index (χ0v) is 11.5. The maximum atomic E-state index is 10.7. The van der Waals surface area contributed by atoms with Gasteiger partial charge in [-0.05, 0) is 42.6 Å². The molecule has 1 atom stereocenters. The average Bonchev–Trinajstić information content (AvgIpc) is 2.26. The molecular formula is C14H23N3O. The molecule has 0 bridgehead atoms. The van der Waals surface area contributed by atoms with E-state index < -0.39 is 6.03 Å². The van der Waals surface area contributed by atoms with E-state index >= 15 is 0 Å². The summed E-state index contributed by atoms with van der Waals surface area (Å²) in [7, 11) is 0. The van der Waals surface area contributed by atoms with Crippen LogP contribution in [-0.4, -0.2) is 11.7 Å². The Labute approximate surface area is 109 Å². The summed E-state index contributed by atoms with van der Waals surface area (Å²) < 4.78 is 0. The molecule has 2 aliphatic rings. The van der Waals surface area contributed by atoms with Crippen LogP contribution in [0.2, 0.25) is 0 Å². The van der Waals surface area contributed by atoms with Gasteiger partial charge in [0.2, 0.25) is 0 Å². The summed E-state index contributed by atoms with van der Waals surface area (Å²) in [4.78, 5) is 10.7. The molecule has 100 valence electrons. The molecule has 1 saturated carbocycles. The van der Waals surface area contributed by atoms with Crippen LogP contribution in [0.3, 0.4) is 0 Å². The van der Waals surface area contributed by atoms with Crippen molar-refractivity contribution in [1.82, 2.24) is 5.43 Å². The highest BCUT2D eigenvalue weighted by Crippen LogP contribution is 2.54. The molecule has 2 amide bonds. The Hall–Kier alpha value is -1.32. The van der Waals surface area contributed by atoms with E-state index in [4.69, 9.17) is 5.73 Å². The molecule has 0 radical (unpaired) electrons. The van der Waals surface area contributed by atoms with E-state index in [2.05, 4.69) is 37.4 Å². The molecule has 0 aromatic rings. The molecule has 1 fully saturated rings. The van der Waals surface area contributed by atoms with Crippen LogP contribution in [-0.2, 0) is 0 Å². The number of rotatable bonds is 1. The minimum atomic E-state index is -0.600. The van der Waals surface area contributed by atoms with Crippen LogP contribution in [0.15, 0.2) is 16.8 Å². The Balaban J connectivity index is 2.30. The van der Waals surface area contributed by atoms with Crippen molar-refractivity contribution < 1.29 is 4.79 Å². The van der Waals surface area contributed by atoms with Crippen LogP contribution in [0.25, 0.3) is 0 Å². The molecule has 4 nitrogen and oxygen atoms in total. The van der Waals surface area contributed by atoms with E-state index in [1.54, 1.807) is 0 Å². The Bertz CT molecular complexity index is 423. The summed E-state index contributed by atoms with van der Waals surface area (Å²) in [5.74, 6) is 0. The monoisotopic (exact) mass is 249 g/mol. The molecule has 0 spiro atoms. The summed E-state index contributed by atoms with van der Waals surface area (Å²) >= 11 is 0. The lowest BCUT2D eigenvalue weighted by molar-refractivity contribution is 0.185. The highest BCUT2D eigenvalue weighted by Gasteiger charge is 2.43. The normalized spacial score (nSPS) is 32.6. The number of urea groups is 1. The number of fused-ring (bicyclic) bond motifs is 1. The van der Waals surface area contributed by atoms with E-state index in [0.717, 1.165) is 18.6 Å². The van der Waals surface area contributed by atoms with E-state index in [-0.39, 0.29) is 5.41 Å². The lowest BCUT2D eigenvalue weighted by Gasteiger charge is -2.48. The topological polar surface area (TPSA) is 67.5 Å². The lowest BCUT2D eigenvalue weighted by atomic mass is 9.57. The fourth-order valence-electron chi connectivity index (χ4n) is 3.49. The quantitative estimate of drug-likeness (QED) is 0.689. The van der Waals surface area contributed by atoms with Gasteiger partial charge in [0, 0.05) is 0 Å². The highest BCUT2D eigenvalue weighted by atomic mass is 16.2. The first-order valence-electron chi connectivity index (χ1n) is 6.68. The molecule has 18 heavy (non-hydrogen) atoms. The first kappa shape index (κ1) is 13.1. The van der Waals surface area contributed by atoms with E-state index in [1.165, 1.54) is 24.8 Å². The third-order valence-corrected chi connectivity index (χ3v) is 4.46. The van der Waals surface area contributed by atoms with Gasteiger partial charge in [-0.2, -0.15) is 5.10 Å². The van der Waals surface area contributed by atoms with Gasteiger partial charge in [0.25, 0.3) is 0 Å². The zero-order chi connectivity index (χ0) is 13.4. The predicted octanol–water partition coefficient (Wildman–Crippen LogP) is 2.95. The van der Waals surface area contributed by atoms with Crippen molar-refractivity contribution in [1.29, 1.82) is 0 Å². The Morgan fingerprint density at radius 1 is 1.33 bits per heavy atom. The minimum absolute atomic E-state index is 0.237. The van der Waals surface area contributed by atoms with Crippen LogP contribution >= 0.6 is 0 Å². The summed E-state index contributed by atoms with van der Waals surface area (Å²) in [6.45, 7) is 6.97. The molecule has 2 rings (SSSR count). The molecule has 4 heteroatoms. The van der Waals surface area contributed by atoms with Gasteiger partial charge in [0.15, 0.2) is 0 Å². The molecular weight excluding hydrogens is 226 g/mol. The molecule has 2 aliphatic carbocycles. The maximum Gasteiger partial charge on any atom is 0.332 e. The number of primary amides is 1. The predicted molar refractivity (Wildman–Crippen MR) is 73.2 cm³/mol. The number of hydrogen-bond acceptors (Lipinski definition) is 2. The number of allylic oxidation sites excluding steroid dienone is 2. The van der Waals surface area contributed by atoms with Crippen molar-refractivity contribution >= 4 is 11.7 Å². The Morgan fingerprint density at radius 3 is 2.72 bits per heavy atom. The van der Waals surface area contributed by atoms with Crippen LogP contribution in [0.1, 0.15) is 52.9 Å². The third kappa shape index (κ3) is 2.42. The largest absolute Gasteiger partial charge is 0.350 e. The maximum absolute atomic E-state index is 10.7. The average molecular weight is 249 g/mol. The first-order chi connectivity index (χ1) is 8.33. The van der Waals surface area contributed by atoms with Gasteiger partial charge >= 0.3 is 6.03 Å². The lowest BCUT2D eigenvalue weighted by Crippen LogP contribution is -2.38. The number of amides is 2. The number of hydrogen-bond donors (Lipinski definition) is 2. The number of carbonyl (C=O) groups excluding carboxylic acids is 1. The van der Waals surface area contributed by atoms with Gasteiger partial charge in [-0.3, -0.25) is 0 Å². The van der Waals surface area contributed by atoms with E-state index in [1.807, 2.05) is 0 Å². The number of nitrogens with one attached hydrogen (secondary N) is 1. The minimum Gasteiger partial charge on any atom is -0.350 e. The highest BCUT2D eigenvalue weighted by molar-refractivity contribution is 5.97. The van der Waals surface area contributed by atoms with Crippen LogP contribution in [0.4, 0.5) is 4.79 Å². The number of hydrazone groups is 1. The summed E-state index contributed by atoms with van der Waals surface area (Å²) in [6, 6.07) is -0.600. The second-order valence-electron chi connectivity index (χ2n) is 6.44. The molecule has 3 N–H and O–H groups in total. The molecule has 0 aromatic heterocycles. The van der Waals surface area contributed by atoms with E-state index in [9.17, 15) is 4.79 Å². The van der Waals surface area contributed by atoms with Crippen LogP contribution in [0.5, 0.6) is 0 Å². The van der Waals surface area contributed by atoms with Gasteiger partial charge in [-0.1, -0.05) is 32.8 Å². The second kappa shape index (κ2) is 4.41. The molecule has 0 saturated heterocycles. The van der Waals surface area contributed by atoms with Crippen molar-refractivity contribution in [3.05, 3.63) is 11.6 Å². The van der Waals surface area contributed by atoms with Gasteiger partial charge in [0.1, 0.15) is 0 Å². The van der Waals surface area contributed by atoms with Gasteiger partial charge < -0.3 is 5.73 Å². The fourth-order valence-corrected chi connectivity index (χ4v) is 3.49. The van der Waals surface area contributed by atoms with Crippen molar-refractivity contribution in [3.8, 4) is 0 Å². The molecule has 0 aromatic carbocycles. The van der Waals surface area contributed by atoms with Crippen LogP contribution < -0.4 is 11.2 Å². The van der Waals surface area contributed by atoms with Crippen LogP contribution in [0, 0.1) is 10.8 Å². The van der Waals surface area contributed by atoms with Crippen molar-refractivity contribution in [2.75, 3.05) is 0 Å². The number of carbonyl (C=O) groups is 1. The number of nitrogens with two attached hydrogens (primary N) is 1. The summed E-state index contributed by atoms with van der Waals surface area (Å²) in [5, 5.41) is 4.09. The third-order valence-electron chi connectivity index (χ3n) is 4.46. The SMILES string of the molecule is CC1(C)CCCC2(C)CC/C(=N\NC(N)=O)C=C12. The smallest absolute Gasteiger partial charge is 0.332 e. The van der Waals surface area contributed by atoms with Gasteiger partial charge in [-0.15, -0.1) is 0 Å². The fraction of sp³-hybridized carbons (Fsp3) is 0.714. The van der Waals surface area contributed by atoms with Gasteiger partial charge in [-0.25, -0.2) is 10.2 Å². The Morgan fingerprint density at radius 2 is 2.06 bits per heavy atom. The van der Waals surface area contributed by atoms with Crippen molar-refractivity contribution in [2.45, 2.75) is 52.9 Å². The van der Waals surface area contributed by atoms with Gasteiger partial charge in [0.05, 0.1) is 5.71 Å².